The molecule has 0 spiro atoms. The van der Waals surface area contributed by atoms with E-state index >= 15 is 0 Å². The molecular weight excluding hydrogens is 396 g/mol. The predicted octanol–water partition coefficient (Wildman–Crippen LogP) is 4.09. The molecule has 2 aromatic carbocycles. The van der Waals surface area contributed by atoms with Crippen LogP contribution in [0.15, 0.2) is 58.7 Å². The Balaban J connectivity index is 1.61. The van der Waals surface area contributed by atoms with Gasteiger partial charge in [-0.1, -0.05) is 35.5 Å². The number of ketones is 1. The number of hydrogen-bond donors (Lipinski definition) is 0. The molecule has 2 heterocycles. The van der Waals surface area contributed by atoms with Crippen molar-refractivity contribution in [1.29, 1.82) is 0 Å². The van der Waals surface area contributed by atoms with Crippen molar-refractivity contribution in [3.8, 4) is 5.69 Å². The zero-order valence-electron chi connectivity index (χ0n) is 17.3. The molecule has 0 aliphatic rings. The molecule has 0 saturated carbocycles. The molecule has 0 aliphatic carbocycles. The fourth-order valence-electron chi connectivity index (χ4n) is 3.29. The summed E-state index contributed by atoms with van der Waals surface area (Å²) in [6, 6.07) is 11.7. The average Bonchev–Trinajstić information content (AvgIpc) is 3.14. The summed E-state index contributed by atoms with van der Waals surface area (Å²) in [5.41, 5.74) is 5.77. The van der Waals surface area contributed by atoms with Crippen LogP contribution in [-0.4, -0.2) is 30.7 Å². The Morgan fingerprint density at radius 1 is 0.933 bits per heavy atom. The Hall–Kier alpha value is -3.19. The van der Waals surface area contributed by atoms with Gasteiger partial charge in [-0.15, -0.1) is 10.2 Å². The second kappa shape index (κ2) is 7.91. The Morgan fingerprint density at radius 2 is 1.70 bits per heavy atom. The van der Waals surface area contributed by atoms with Gasteiger partial charge >= 0.3 is 5.56 Å². The van der Waals surface area contributed by atoms with E-state index in [2.05, 4.69) is 10.2 Å². The fourth-order valence-corrected chi connectivity index (χ4v) is 4.09. The van der Waals surface area contributed by atoms with Crippen molar-refractivity contribution in [2.45, 2.75) is 32.9 Å². The third-order valence-electron chi connectivity index (χ3n) is 5.23. The molecule has 0 aliphatic heterocycles. The molecule has 152 valence electrons. The van der Waals surface area contributed by atoms with E-state index < -0.39 is 0 Å². The monoisotopic (exact) mass is 418 g/mol. The maximum Gasteiger partial charge on any atom is 0.300 e. The van der Waals surface area contributed by atoms with E-state index in [0.717, 1.165) is 22.4 Å². The standard InChI is InChI=1S/C23H22N4O2S/c1-14-5-6-16(3)19(11-14)20(28)13-30-23-25-24-21-22(29)26(9-10-27(21)23)18-8-7-15(2)17(4)12-18/h5-12H,13H2,1-4H3. The summed E-state index contributed by atoms with van der Waals surface area (Å²) in [7, 11) is 0. The fraction of sp³-hybridized carbons (Fsp3) is 0.217. The van der Waals surface area contributed by atoms with Crippen molar-refractivity contribution in [3.05, 3.63) is 87.0 Å². The Morgan fingerprint density at radius 3 is 2.47 bits per heavy atom. The highest BCUT2D eigenvalue weighted by molar-refractivity contribution is 7.99. The van der Waals surface area contributed by atoms with Gasteiger partial charge in [0.2, 0.25) is 5.65 Å². The summed E-state index contributed by atoms with van der Waals surface area (Å²) in [5.74, 6) is 0.257. The summed E-state index contributed by atoms with van der Waals surface area (Å²) < 4.78 is 3.20. The number of benzene rings is 2. The van der Waals surface area contributed by atoms with Crippen molar-refractivity contribution < 1.29 is 4.79 Å². The molecule has 7 heteroatoms. The third-order valence-corrected chi connectivity index (χ3v) is 6.18. The lowest BCUT2D eigenvalue weighted by Crippen LogP contribution is -2.20. The number of hydrogen-bond acceptors (Lipinski definition) is 5. The van der Waals surface area contributed by atoms with E-state index in [1.165, 1.54) is 17.3 Å². The van der Waals surface area contributed by atoms with E-state index in [0.29, 0.717) is 10.7 Å². The zero-order valence-corrected chi connectivity index (χ0v) is 18.2. The largest absolute Gasteiger partial charge is 0.300 e. The number of rotatable bonds is 5. The minimum atomic E-state index is -0.249. The van der Waals surface area contributed by atoms with Crippen LogP contribution in [0.25, 0.3) is 11.3 Å². The van der Waals surface area contributed by atoms with Crippen molar-refractivity contribution >= 4 is 23.2 Å². The van der Waals surface area contributed by atoms with E-state index in [4.69, 9.17) is 0 Å². The van der Waals surface area contributed by atoms with Gasteiger partial charge in [-0.05, 0) is 62.6 Å². The van der Waals surface area contributed by atoms with Crippen molar-refractivity contribution in [2.75, 3.05) is 5.75 Å². The van der Waals surface area contributed by atoms with Crippen LogP contribution in [0.1, 0.15) is 32.6 Å². The number of nitrogens with zero attached hydrogens (tertiary/aromatic N) is 4. The van der Waals surface area contributed by atoms with Gasteiger partial charge in [0.15, 0.2) is 10.9 Å². The maximum absolute atomic E-state index is 12.9. The van der Waals surface area contributed by atoms with Crippen molar-refractivity contribution in [3.63, 3.8) is 0 Å². The predicted molar refractivity (Wildman–Crippen MR) is 119 cm³/mol. The SMILES string of the molecule is Cc1ccc(C)c(C(=O)CSc2nnc3c(=O)n(-c4ccc(C)c(C)c4)ccn23)c1. The molecule has 0 bridgehead atoms. The molecule has 6 nitrogen and oxygen atoms in total. The van der Waals surface area contributed by atoms with Gasteiger partial charge in [0, 0.05) is 23.6 Å². The molecule has 0 amide bonds. The summed E-state index contributed by atoms with van der Waals surface area (Å²) >= 11 is 1.28. The van der Waals surface area contributed by atoms with Crippen LogP contribution in [0.3, 0.4) is 0 Å². The number of aromatic nitrogens is 4. The Labute approximate surface area is 178 Å². The summed E-state index contributed by atoms with van der Waals surface area (Å²) in [5, 5.41) is 8.73. The lowest BCUT2D eigenvalue weighted by molar-refractivity contribution is 0.102. The molecule has 0 unspecified atom stereocenters. The van der Waals surface area contributed by atoms with Crippen LogP contribution >= 0.6 is 11.8 Å². The van der Waals surface area contributed by atoms with Crippen LogP contribution in [0.2, 0.25) is 0 Å². The smallest absolute Gasteiger partial charge is 0.293 e. The number of fused-ring (bicyclic) bond motifs is 1. The Bertz CT molecular complexity index is 1340. The molecule has 0 radical (unpaired) electrons. The van der Waals surface area contributed by atoms with Gasteiger partial charge in [0.1, 0.15) is 0 Å². The topological polar surface area (TPSA) is 69.3 Å². The number of aryl methyl sites for hydroxylation is 4. The summed E-state index contributed by atoms with van der Waals surface area (Å²) in [6.07, 6.45) is 3.47. The molecular formula is C23H22N4O2S. The number of thioether (sulfide) groups is 1. The number of carbonyl (C=O) groups is 1. The van der Waals surface area contributed by atoms with Crippen LogP contribution in [0.5, 0.6) is 0 Å². The average molecular weight is 419 g/mol. The first-order valence-corrected chi connectivity index (χ1v) is 10.6. The van der Waals surface area contributed by atoms with Gasteiger partial charge in [-0.25, -0.2) is 0 Å². The highest BCUT2D eigenvalue weighted by atomic mass is 32.2. The van der Waals surface area contributed by atoms with Gasteiger partial charge in [-0.3, -0.25) is 18.6 Å². The van der Waals surface area contributed by atoms with Gasteiger partial charge in [-0.2, -0.15) is 0 Å². The highest BCUT2D eigenvalue weighted by Gasteiger charge is 2.15. The molecule has 0 fully saturated rings. The second-order valence-corrected chi connectivity index (χ2v) is 8.39. The van der Waals surface area contributed by atoms with E-state index in [-0.39, 0.29) is 22.7 Å². The molecule has 30 heavy (non-hydrogen) atoms. The summed E-state index contributed by atoms with van der Waals surface area (Å²) in [6.45, 7) is 7.95. The van der Waals surface area contributed by atoms with E-state index in [9.17, 15) is 9.59 Å². The van der Waals surface area contributed by atoms with Gasteiger partial charge in [0.25, 0.3) is 0 Å². The minimum absolute atomic E-state index is 0.0291. The summed E-state index contributed by atoms with van der Waals surface area (Å²) in [4.78, 5) is 25.6. The van der Waals surface area contributed by atoms with Crippen molar-refractivity contribution in [2.24, 2.45) is 0 Å². The third kappa shape index (κ3) is 3.68. The van der Waals surface area contributed by atoms with Crippen LogP contribution in [-0.2, 0) is 0 Å². The van der Waals surface area contributed by atoms with Crippen LogP contribution < -0.4 is 5.56 Å². The second-order valence-electron chi connectivity index (χ2n) is 7.45. The quantitative estimate of drug-likeness (QED) is 0.361. The van der Waals surface area contributed by atoms with Crippen LogP contribution in [0.4, 0.5) is 0 Å². The number of carbonyl (C=O) groups excluding carboxylic acids is 1. The molecule has 4 aromatic rings. The Kier molecular flexibility index (Phi) is 5.30. The number of Topliss-reactive ketones (excluding diaryl/α,β-unsaturated/α-hetero) is 1. The van der Waals surface area contributed by atoms with Crippen LogP contribution in [0, 0.1) is 27.7 Å². The van der Waals surface area contributed by atoms with E-state index in [1.54, 1.807) is 21.4 Å². The molecule has 2 aromatic heterocycles. The zero-order chi connectivity index (χ0) is 21.4. The lowest BCUT2D eigenvalue weighted by Gasteiger charge is -2.09. The maximum atomic E-state index is 12.9. The molecule has 0 N–H and O–H groups in total. The van der Waals surface area contributed by atoms with Gasteiger partial charge in [0.05, 0.1) is 5.75 Å². The molecule has 4 rings (SSSR count). The highest BCUT2D eigenvalue weighted by Crippen LogP contribution is 2.20. The molecule has 0 saturated heterocycles. The van der Waals surface area contributed by atoms with E-state index in [1.807, 2.05) is 64.1 Å². The van der Waals surface area contributed by atoms with Crippen molar-refractivity contribution in [1.82, 2.24) is 19.2 Å². The first-order chi connectivity index (χ1) is 14.3. The minimum Gasteiger partial charge on any atom is -0.293 e. The molecule has 0 atom stereocenters. The van der Waals surface area contributed by atoms with Gasteiger partial charge < -0.3 is 0 Å². The lowest BCUT2D eigenvalue weighted by atomic mass is 10.0. The first-order valence-electron chi connectivity index (χ1n) is 9.62. The normalized spacial score (nSPS) is 11.2. The first kappa shape index (κ1) is 20.1.